The molecule has 146 valence electrons. The van der Waals surface area contributed by atoms with Crippen LogP contribution in [0, 0.1) is 0 Å². The van der Waals surface area contributed by atoms with Crippen LogP contribution in [0.4, 0.5) is 11.9 Å². The number of rotatable bonds is 6. The average molecular weight is 364 g/mol. The fourth-order valence-corrected chi connectivity index (χ4v) is 3.37. The van der Waals surface area contributed by atoms with Gasteiger partial charge >= 0.3 is 0 Å². The van der Waals surface area contributed by atoms with E-state index in [9.17, 15) is 0 Å². The van der Waals surface area contributed by atoms with Crippen molar-refractivity contribution in [1.82, 2.24) is 15.0 Å². The second-order valence-electron chi connectivity index (χ2n) is 7.85. The molecule has 0 radical (unpaired) electrons. The van der Waals surface area contributed by atoms with E-state index in [1.807, 2.05) is 19.0 Å². The molecule has 2 saturated heterocycles. The molecule has 2 fully saturated rings. The van der Waals surface area contributed by atoms with Gasteiger partial charge in [0.1, 0.15) is 5.82 Å². The standard InChI is InChI=1S/C19H33N5O2/c1-14(2)17-20-18(23(3)4)22-19(21-17)24-10-8-15(9-11-24)26-13-16-7-5-6-12-25-16/h14-16H,5-13H2,1-4H3. The Kier molecular flexibility index (Phi) is 6.64. The zero-order valence-electron chi connectivity index (χ0n) is 16.6. The smallest absolute Gasteiger partial charge is 0.230 e. The Morgan fingerprint density at radius 1 is 1.12 bits per heavy atom. The molecular weight excluding hydrogens is 330 g/mol. The van der Waals surface area contributed by atoms with E-state index < -0.39 is 0 Å². The first kappa shape index (κ1) is 19.3. The van der Waals surface area contributed by atoms with Crippen molar-refractivity contribution in [2.24, 2.45) is 0 Å². The summed E-state index contributed by atoms with van der Waals surface area (Å²) >= 11 is 0. The molecule has 0 aromatic carbocycles. The van der Waals surface area contributed by atoms with Crippen LogP contribution in [0.2, 0.25) is 0 Å². The van der Waals surface area contributed by atoms with E-state index in [4.69, 9.17) is 14.5 Å². The zero-order chi connectivity index (χ0) is 18.5. The lowest BCUT2D eigenvalue weighted by molar-refractivity contribution is -0.0672. The fourth-order valence-electron chi connectivity index (χ4n) is 3.37. The first-order valence-electron chi connectivity index (χ1n) is 9.94. The summed E-state index contributed by atoms with van der Waals surface area (Å²) in [5, 5.41) is 0. The summed E-state index contributed by atoms with van der Waals surface area (Å²) in [5.41, 5.74) is 0. The Balaban J connectivity index is 1.55. The molecule has 0 spiro atoms. The van der Waals surface area contributed by atoms with E-state index in [2.05, 4.69) is 28.7 Å². The van der Waals surface area contributed by atoms with Gasteiger partial charge < -0.3 is 19.3 Å². The molecule has 0 aliphatic carbocycles. The van der Waals surface area contributed by atoms with Crippen molar-refractivity contribution >= 4 is 11.9 Å². The highest BCUT2D eigenvalue weighted by atomic mass is 16.5. The van der Waals surface area contributed by atoms with Gasteiger partial charge in [0.05, 0.1) is 18.8 Å². The first-order chi connectivity index (χ1) is 12.5. The number of piperidine rings is 1. The van der Waals surface area contributed by atoms with Crippen molar-refractivity contribution in [3.63, 3.8) is 0 Å². The fraction of sp³-hybridized carbons (Fsp3) is 0.842. The average Bonchev–Trinajstić information content (AvgIpc) is 2.67. The third-order valence-corrected chi connectivity index (χ3v) is 5.06. The Hall–Kier alpha value is -1.47. The minimum Gasteiger partial charge on any atom is -0.376 e. The van der Waals surface area contributed by atoms with Crippen LogP contribution >= 0.6 is 0 Å². The molecule has 1 atom stereocenters. The minimum absolute atomic E-state index is 0.284. The number of hydrogen-bond donors (Lipinski definition) is 0. The highest BCUT2D eigenvalue weighted by Gasteiger charge is 2.24. The molecule has 1 aromatic heterocycles. The number of hydrogen-bond acceptors (Lipinski definition) is 7. The van der Waals surface area contributed by atoms with Crippen LogP contribution in [0.15, 0.2) is 0 Å². The summed E-state index contributed by atoms with van der Waals surface area (Å²) in [6, 6.07) is 0. The van der Waals surface area contributed by atoms with Gasteiger partial charge in [0.25, 0.3) is 0 Å². The zero-order valence-corrected chi connectivity index (χ0v) is 16.6. The largest absolute Gasteiger partial charge is 0.376 e. The second-order valence-corrected chi connectivity index (χ2v) is 7.85. The van der Waals surface area contributed by atoms with Crippen molar-refractivity contribution in [2.45, 2.75) is 64.1 Å². The molecular formula is C19H33N5O2. The molecule has 7 heteroatoms. The van der Waals surface area contributed by atoms with E-state index >= 15 is 0 Å². The molecule has 0 saturated carbocycles. The number of ether oxygens (including phenoxy) is 2. The van der Waals surface area contributed by atoms with Crippen LogP contribution in [0.3, 0.4) is 0 Å². The van der Waals surface area contributed by atoms with Crippen LogP contribution in [-0.4, -0.2) is 67.6 Å². The Bertz CT molecular complexity index is 541. The Morgan fingerprint density at radius 3 is 2.50 bits per heavy atom. The van der Waals surface area contributed by atoms with Crippen molar-refractivity contribution in [2.75, 3.05) is 50.2 Å². The van der Waals surface area contributed by atoms with Gasteiger partial charge in [-0.15, -0.1) is 0 Å². The van der Waals surface area contributed by atoms with Crippen molar-refractivity contribution in [3.8, 4) is 0 Å². The van der Waals surface area contributed by atoms with Crippen LogP contribution in [0.25, 0.3) is 0 Å². The maximum atomic E-state index is 6.12. The lowest BCUT2D eigenvalue weighted by Crippen LogP contribution is -2.39. The van der Waals surface area contributed by atoms with E-state index in [0.29, 0.717) is 12.2 Å². The molecule has 0 bridgehead atoms. The van der Waals surface area contributed by atoms with E-state index in [1.165, 1.54) is 12.8 Å². The molecule has 1 unspecified atom stereocenters. The van der Waals surface area contributed by atoms with Gasteiger partial charge in [-0.05, 0) is 32.1 Å². The van der Waals surface area contributed by atoms with Crippen molar-refractivity contribution in [3.05, 3.63) is 5.82 Å². The topological polar surface area (TPSA) is 63.6 Å². The van der Waals surface area contributed by atoms with Gasteiger partial charge in [-0.1, -0.05) is 13.8 Å². The molecule has 7 nitrogen and oxygen atoms in total. The molecule has 1 aromatic rings. The molecule has 0 N–H and O–H groups in total. The third-order valence-electron chi connectivity index (χ3n) is 5.06. The summed E-state index contributed by atoms with van der Waals surface area (Å²) < 4.78 is 11.9. The van der Waals surface area contributed by atoms with E-state index in [0.717, 1.165) is 63.3 Å². The Labute approximate surface area is 157 Å². The second kappa shape index (κ2) is 8.95. The van der Waals surface area contributed by atoms with Gasteiger partial charge in [-0.3, -0.25) is 0 Å². The molecule has 2 aliphatic heterocycles. The predicted octanol–water partition coefficient (Wildman–Crippen LogP) is 2.62. The molecule has 3 rings (SSSR count). The highest BCUT2D eigenvalue weighted by molar-refractivity contribution is 5.39. The maximum Gasteiger partial charge on any atom is 0.230 e. The molecule has 0 amide bonds. The predicted molar refractivity (Wildman–Crippen MR) is 103 cm³/mol. The lowest BCUT2D eigenvalue weighted by Gasteiger charge is -2.33. The first-order valence-corrected chi connectivity index (χ1v) is 9.94. The van der Waals surface area contributed by atoms with Crippen LogP contribution < -0.4 is 9.80 Å². The van der Waals surface area contributed by atoms with E-state index in [1.54, 1.807) is 0 Å². The number of nitrogens with zero attached hydrogens (tertiary/aromatic N) is 5. The normalized spacial score (nSPS) is 22.0. The maximum absolute atomic E-state index is 6.12. The van der Waals surface area contributed by atoms with Gasteiger partial charge in [0, 0.05) is 39.7 Å². The highest BCUT2D eigenvalue weighted by Crippen LogP contribution is 2.23. The number of aromatic nitrogens is 3. The number of anilines is 2. The third kappa shape index (κ3) is 5.04. The molecule has 26 heavy (non-hydrogen) atoms. The molecule has 3 heterocycles. The monoisotopic (exact) mass is 363 g/mol. The van der Waals surface area contributed by atoms with Crippen LogP contribution in [0.1, 0.15) is 57.7 Å². The van der Waals surface area contributed by atoms with Gasteiger partial charge in [0.2, 0.25) is 11.9 Å². The van der Waals surface area contributed by atoms with Crippen LogP contribution in [-0.2, 0) is 9.47 Å². The van der Waals surface area contributed by atoms with Gasteiger partial charge in [0.15, 0.2) is 0 Å². The van der Waals surface area contributed by atoms with E-state index in [-0.39, 0.29) is 5.92 Å². The lowest BCUT2D eigenvalue weighted by atomic mass is 10.1. The van der Waals surface area contributed by atoms with Crippen LogP contribution in [0.5, 0.6) is 0 Å². The van der Waals surface area contributed by atoms with Crippen molar-refractivity contribution < 1.29 is 9.47 Å². The quantitative estimate of drug-likeness (QED) is 0.770. The minimum atomic E-state index is 0.284. The summed E-state index contributed by atoms with van der Waals surface area (Å²) in [6.07, 6.45) is 6.21. The molecule has 2 aliphatic rings. The SMILES string of the molecule is CC(C)c1nc(N(C)C)nc(N2CCC(OCC3CCCCO3)CC2)n1. The Morgan fingerprint density at radius 2 is 1.88 bits per heavy atom. The summed E-state index contributed by atoms with van der Waals surface area (Å²) in [6.45, 7) is 7.70. The summed E-state index contributed by atoms with van der Waals surface area (Å²) in [4.78, 5) is 18.1. The van der Waals surface area contributed by atoms with Gasteiger partial charge in [-0.25, -0.2) is 0 Å². The van der Waals surface area contributed by atoms with Gasteiger partial charge in [-0.2, -0.15) is 15.0 Å². The summed E-state index contributed by atoms with van der Waals surface area (Å²) in [5.74, 6) is 2.66. The summed E-state index contributed by atoms with van der Waals surface area (Å²) in [7, 11) is 3.94. The van der Waals surface area contributed by atoms with Crippen molar-refractivity contribution in [1.29, 1.82) is 0 Å².